The Bertz CT molecular complexity index is 872. The van der Waals surface area contributed by atoms with E-state index in [4.69, 9.17) is 0 Å². The second-order valence-corrected chi connectivity index (χ2v) is 7.75. The fourth-order valence-electron chi connectivity index (χ4n) is 3.77. The van der Waals surface area contributed by atoms with Crippen LogP contribution in [0.25, 0.3) is 12.7 Å². The third-order valence-corrected chi connectivity index (χ3v) is 5.38. The van der Waals surface area contributed by atoms with E-state index < -0.39 is 0 Å². The van der Waals surface area contributed by atoms with Crippen molar-refractivity contribution >= 4 is 18.3 Å². The van der Waals surface area contributed by atoms with Crippen LogP contribution in [0.4, 0.5) is 5.69 Å². The summed E-state index contributed by atoms with van der Waals surface area (Å²) in [6.07, 6.45) is 5.93. The zero-order valence-electron chi connectivity index (χ0n) is 15.7. The molecule has 126 valence electrons. The molecule has 0 heterocycles. The van der Waals surface area contributed by atoms with E-state index in [0.717, 1.165) is 6.42 Å². The van der Waals surface area contributed by atoms with Gasteiger partial charge in [-0.05, 0) is 63.7 Å². The molecule has 0 aliphatic heterocycles. The molecule has 0 saturated heterocycles. The lowest BCUT2D eigenvalue weighted by atomic mass is 9.71. The molecule has 0 radical (unpaired) electrons. The van der Waals surface area contributed by atoms with Crippen molar-refractivity contribution in [2.75, 3.05) is 19.0 Å². The molecule has 0 amide bonds. The van der Waals surface area contributed by atoms with Crippen LogP contribution >= 0.6 is 0 Å². The van der Waals surface area contributed by atoms with Crippen LogP contribution < -0.4 is 15.3 Å². The number of rotatable bonds is 4. The summed E-state index contributed by atoms with van der Waals surface area (Å²) in [5, 5.41) is 2.56. The maximum atomic E-state index is 4.33. The second kappa shape index (κ2) is 6.12. The van der Waals surface area contributed by atoms with Crippen molar-refractivity contribution in [1.29, 1.82) is 0 Å². The molecule has 1 aliphatic rings. The van der Waals surface area contributed by atoms with E-state index >= 15 is 0 Å². The summed E-state index contributed by atoms with van der Waals surface area (Å²) >= 11 is 0. The number of hydrogen-bond donors (Lipinski definition) is 0. The topological polar surface area (TPSA) is 3.24 Å². The maximum absolute atomic E-state index is 4.33. The maximum Gasteiger partial charge on any atom is 0.0364 e. The number of nitrogens with zero attached hydrogens (tertiary/aromatic N) is 1. The molecule has 1 nitrogen and oxygen atoms in total. The van der Waals surface area contributed by atoms with Gasteiger partial charge in [-0.15, -0.1) is 0 Å². The van der Waals surface area contributed by atoms with Crippen LogP contribution in [0, 0.1) is 0 Å². The third kappa shape index (κ3) is 2.77. The van der Waals surface area contributed by atoms with Gasteiger partial charge in [0.1, 0.15) is 0 Å². The molecule has 0 spiro atoms. The first-order valence-electron chi connectivity index (χ1n) is 9.00. The Labute approximate surface area is 146 Å². The standard InChI is InChI=1S/C23H29N/c1-7-8-9-17-13-19-14-18-10-11-20(24(5)6)15-22(18)23(3,4)21(19)12-16(17)2/h10-15H,2,7-9H2,1,3-6H3. The van der Waals surface area contributed by atoms with Gasteiger partial charge in [0.15, 0.2) is 0 Å². The van der Waals surface area contributed by atoms with Gasteiger partial charge in [-0.25, -0.2) is 0 Å². The minimum absolute atomic E-state index is 0.00115. The Balaban J connectivity index is 2.21. The van der Waals surface area contributed by atoms with Gasteiger partial charge in [0.25, 0.3) is 0 Å². The number of fused-ring (bicyclic) bond motifs is 2. The molecule has 0 atom stereocenters. The van der Waals surface area contributed by atoms with E-state index in [2.05, 4.69) is 82.8 Å². The van der Waals surface area contributed by atoms with Crippen LogP contribution in [-0.4, -0.2) is 14.1 Å². The Morgan fingerprint density at radius 3 is 2.46 bits per heavy atom. The van der Waals surface area contributed by atoms with Gasteiger partial charge in [0.05, 0.1) is 0 Å². The number of anilines is 1. The third-order valence-electron chi connectivity index (χ3n) is 5.38. The number of benzene rings is 2. The molecule has 3 rings (SSSR count). The average molecular weight is 319 g/mol. The minimum Gasteiger partial charge on any atom is -0.378 e. The zero-order chi connectivity index (χ0) is 17.5. The second-order valence-electron chi connectivity index (χ2n) is 7.75. The minimum atomic E-state index is 0.00115. The lowest BCUT2D eigenvalue weighted by Crippen LogP contribution is -2.34. The molecule has 1 aliphatic carbocycles. The summed E-state index contributed by atoms with van der Waals surface area (Å²) in [7, 11) is 4.20. The molecular weight excluding hydrogens is 290 g/mol. The summed E-state index contributed by atoms with van der Waals surface area (Å²) in [5.74, 6) is 0. The van der Waals surface area contributed by atoms with Gasteiger partial charge in [-0.2, -0.15) is 0 Å². The summed E-state index contributed by atoms with van der Waals surface area (Å²) in [5.41, 5.74) is 6.81. The largest absolute Gasteiger partial charge is 0.378 e. The van der Waals surface area contributed by atoms with Crippen molar-refractivity contribution in [2.45, 2.75) is 45.4 Å². The Kier molecular flexibility index (Phi) is 4.29. The van der Waals surface area contributed by atoms with E-state index in [1.807, 2.05) is 0 Å². The van der Waals surface area contributed by atoms with E-state index in [0.29, 0.717) is 0 Å². The van der Waals surface area contributed by atoms with Crippen molar-refractivity contribution in [3.8, 4) is 0 Å². The molecule has 0 bridgehead atoms. The summed E-state index contributed by atoms with van der Waals surface area (Å²) < 4.78 is 0. The van der Waals surface area contributed by atoms with Gasteiger partial charge < -0.3 is 4.90 Å². The monoisotopic (exact) mass is 319 g/mol. The lowest BCUT2D eigenvalue weighted by Gasteiger charge is -2.33. The van der Waals surface area contributed by atoms with Crippen molar-refractivity contribution in [3.05, 3.63) is 63.0 Å². The van der Waals surface area contributed by atoms with Crippen LogP contribution in [0.3, 0.4) is 0 Å². The number of hydrogen-bond acceptors (Lipinski definition) is 1. The first kappa shape index (κ1) is 16.8. The molecule has 1 heteroatoms. The highest BCUT2D eigenvalue weighted by Gasteiger charge is 2.30. The lowest BCUT2D eigenvalue weighted by molar-refractivity contribution is 0.628. The predicted molar refractivity (Wildman–Crippen MR) is 106 cm³/mol. The highest BCUT2D eigenvalue weighted by atomic mass is 15.1. The van der Waals surface area contributed by atoms with Crippen LogP contribution in [0.1, 0.15) is 55.9 Å². The molecular formula is C23H29N. The van der Waals surface area contributed by atoms with Crippen LogP contribution in [0.5, 0.6) is 0 Å². The molecule has 2 aromatic carbocycles. The van der Waals surface area contributed by atoms with Crippen LogP contribution in [-0.2, 0) is 11.8 Å². The molecule has 24 heavy (non-hydrogen) atoms. The average Bonchev–Trinajstić information content (AvgIpc) is 2.54. The molecule has 2 aromatic rings. The molecule has 0 unspecified atom stereocenters. The fourth-order valence-corrected chi connectivity index (χ4v) is 3.77. The summed E-state index contributed by atoms with van der Waals surface area (Å²) in [6, 6.07) is 11.5. The predicted octanol–water partition coefficient (Wildman–Crippen LogP) is 3.97. The SMILES string of the molecule is C=c1cc2c(cc1CCCC)=Cc1ccc(N(C)C)cc1C2(C)C. The van der Waals surface area contributed by atoms with E-state index in [9.17, 15) is 0 Å². The highest BCUT2D eigenvalue weighted by Crippen LogP contribution is 2.36. The van der Waals surface area contributed by atoms with Gasteiger partial charge in [0, 0.05) is 25.2 Å². The van der Waals surface area contributed by atoms with Crippen molar-refractivity contribution in [3.63, 3.8) is 0 Å². The van der Waals surface area contributed by atoms with Crippen LogP contribution in [0.15, 0.2) is 30.3 Å². The van der Waals surface area contributed by atoms with Gasteiger partial charge in [-0.3, -0.25) is 0 Å². The number of unbranched alkanes of at least 4 members (excludes halogenated alkanes) is 1. The molecule has 0 saturated carbocycles. The summed E-state index contributed by atoms with van der Waals surface area (Å²) in [6.45, 7) is 11.2. The molecule has 0 fully saturated rings. The van der Waals surface area contributed by atoms with Gasteiger partial charge >= 0.3 is 0 Å². The molecule has 0 N–H and O–H groups in total. The molecule has 0 aromatic heterocycles. The summed E-state index contributed by atoms with van der Waals surface area (Å²) in [4.78, 5) is 2.17. The van der Waals surface area contributed by atoms with E-state index in [1.54, 1.807) is 0 Å². The zero-order valence-corrected chi connectivity index (χ0v) is 15.7. The Morgan fingerprint density at radius 1 is 1.04 bits per heavy atom. The number of aryl methyl sites for hydroxylation is 1. The fraction of sp³-hybridized carbons (Fsp3) is 0.391. The first-order chi connectivity index (χ1) is 11.3. The smallest absolute Gasteiger partial charge is 0.0364 e. The van der Waals surface area contributed by atoms with Gasteiger partial charge in [-0.1, -0.05) is 52.0 Å². The van der Waals surface area contributed by atoms with Crippen LogP contribution in [0.2, 0.25) is 0 Å². The first-order valence-corrected chi connectivity index (χ1v) is 9.00. The Hall–Kier alpha value is -2.02. The highest BCUT2D eigenvalue weighted by molar-refractivity contribution is 5.67. The van der Waals surface area contributed by atoms with Crippen molar-refractivity contribution in [2.24, 2.45) is 0 Å². The van der Waals surface area contributed by atoms with Crippen molar-refractivity contribution < 1.29 is 0 Å². The van der Waals surface area contributed by atoms with E-state index in [-0.39, 0.29) is 5.41 Å². The normalized spacial score (nSPS) is 14.5. The van der Waals surface area contributed by atoms with E-state index in [1.165, 1.54) is 51.2 Å². The quantitative estimate of drug-likeness (QED) is 0.824. The van der Waals surface area contributed by atoms with Gasteiger partial charge in [0.2, 0.25) is 0 Å². The Morgan fingerprint density at radius 2 is 1.79 bits per heavy atom. The van der Waals surface area contributed by atoms with Crippen molar-refractivity contribution in [1.82, 2.24) is 0 Å².